The summed E-state index contributed by atoms with van der Waals surface area (Å²) in [4.78, 5) is 21.3. The second kappa shape index (κ2) is 8.31. The number of aryl methyl sites for hydroxylation is 2. The van der Waals surface area contributed by atoms with Gasteiger partial charge < -0.3 is 15.4 Å². The van der Waals surface area contributed by atoms with Crippen molar-refractivity contribution in [3.63, 3.8) is 0 Å². The van der Waals surface area contributed by atoms with Crippen LogP contribution in [-0.4, -0.2) is 23.0 Å². The molecule has 0 fully saturated rings. The molecule has 6 nitrogen and oxygen atoms in total. The van der Waals surface area contributed by atoms with E-state index in [0.29, 0.717) is 23.1 Å². The zero-order chi connectivity index (χ0) is 19.2. The maximum atomic E-state index is 12.6. The average Bonchev–Trinajstić information content (AvgIpc) is 2.68. The summed E-state index contributed by atoms with van der Waals surface area (Å²) >= 11 is 0. The number of hydrogen-bond acceptors (Lipinski definition) is 5. The van der Waals surface area contributed by atoms with Gasteiger partial charge in [0.05, 0.1) is 12.8 Å². The van der Waals surface area contributed by atoms with Crippen LogP contribution >= 0.6 is 0 Å². The predicted molar refractivity (Wildman–Crippen MR) is 107 cm³/mol. The first kappa shape index (κ1) is 18.4. The van der Waals surface area contributed by atoms with Crippen molar-refractivity contribution in [2.24, 2.45) is 0 Å². The predicted octanol–water partition coefficient (Wildman–Crippen LogP) is 4.35. The van der Waals surface area contributed by atoms with Gasteiger partial charge in [0.15, 0.2) is 0 Å². The van der Waals surface area contributed by atoms with Crippen molar-refractivity contribution in [2.75, 3.05) is 17.7 Å². The van der Waals surface area contributed by atoms with Gasteiger partial charge in [-0.1, -0.05) is 31.2 Å². The minimum atomic E-state index is -0.284. The van der Waals surface area contributed by atoms with Crippen molar-refractivity contribution in [3.05, 3.63) is 71.5 Å². The van der Waals surface area contributed by atoms with Gasteiger partial charge in [-0.15, -0.1) is 0 Å². The molecule has 0 aliphatic carbocycles. The van der Waals surface area contributed by atoms with Crippen LogP contribution in [0, 0.1) is 6.92 Å². The van der Waals surface area contributed by atoms with Crippen molar-refractivity contribution >= 4 is 23.2 Å². The van der Waals surface area contributed by atoms with Crippen LogP contribution in [0.1, 0.15) is 28.7 Å². The standard InChI is InChI=1S/C21H22N4O2/c1-4-15-9-11-16(12-10-15)23-20(26)18-13-14(2)22-21(25-18)24-17-7-5-6-8-19(17)27-3/h5-13H,4H2,1-3H3,(H,23,26)(H,22,24,25). The number of hydrogen-bond donors (Lipinski definition) is 2. The lowest BCUT2D eigenvalue weighted by atomic mass is 10.1. The summed E-state index contributed by atoms with van der Waals surface area (Å²) < 4.78 is 5.33. The molecule has 6 heteroatoms. The van der Waals surface area contributed by atoms with Gasteiger partial charge in [-0.25, -0.2) is 9.97 Å². The van der Waals surface area contributed by atoms with Gasteiger partial charge in [0.25, 0.3) is 5.91 Å². The summed E-state index contributed by atoms with van der Waals surface area (Å²) in [5.74, 6) is 0.725. The number of methoxy groups -OCH3 is 1. The Bertz CT molecular complexity index is 939. The number of amides is 1. The fourth-order valence-corrected chi connectivity index (χ4v) is 2.63. The summed E-state index contributed by atoms with van der Waals surface area (Å²) in [6.07, 6.45) is 0.956. The minimum absolute atomic E-state index is 0.284. The highest BCUT2D eigenvalue weighted by Gasteiger charge is 2.12. The van der Waals surface area contributed by atoms with Gasteiger partial charge in [-0.3, -0.25) is 4.79 Å². The van der Waals surface area contributed by atoms with E-state index in [0.717, 1.165) is 17.8 Å². The fourth-order valence-electron chi connectivity index (χ4n) is 2.63. The molecule has 0 spiro atoms. The highest BCUT2D eigenvalue weighted by molar-refractivity contribution is 6.03. The Balaban J connectivity index is 1.80. The number of ether oxygens (including phenoxy) is 1. The van der Waals surface area contributed by atoms with Crippen molar-refractivity contribution < 1.29 is 9.53 Å². The van der Waals surface area contributed by atoms with Gasteiger partial charge in [-0.05, 0) is 49.2 Å². The van der Waals surface area contributed by atoms with Crippen molar-refractivity contribution in [1.29, 1.82) is 0 Å². The van der Waals surface area contributed by atoms with E-state index in [1.807, 2.05) is 55.5 Å². The molecule has 3 aromatic rings. The molecule has 1 aromatic heterocycles. The largest absolute Gasteiger partial charge is 0.495 e. The Hall–Kier alpha value is -3.41. The molecule has 138 valence electrons. The van der Waals surface area contributed by atoms with Crippen molar-refractivity contribution in [3.8, 4) is 5.75 Å². The number of nitrogens with zero attached hydrogens (tertiary/aromatic N) is 2. The maximum Gasteiger partial charge on any atom is 0.274 e. The molecule has 1 amide bonds. The van der Waals surface area contributed by atoms with Crippen LogP contribution in [0.5, 0.6) is 5.75 Å². The molecule has 3 rings (SSSR count). The van der Waals surface area contributed by atoms with Gasteiger partial charge >= 0.3 is 0 Å². The molecule has 0 atom stereocenters. The highest BCUT2D eigenvalue weighted by Crippen LogP contribution is 2.25. The number of benzene rings is 2. The van der Waals surface area contributed by atoms with E-state index < -0.39 is 0 Å². The number of carbonyl (C=O) groups is 1. The van der Waals surface area contributed by atoms with E-state index in [2.05, 4.69) is 27.5 Å². The molecule has 27 heavy (non-hydrogen) atoms. The van der Waals surface area contributed by atoms with E-state index >= 15 is 0 Å². The van der Waals surface area contributed by atoms with Crippen LogP contribution in [0.2, 0.25) is 0 Å². The number of anilines is 3. The Morgan fingerprint density at radius 1 is 1.07 bits per heavy atom. The summed E-state index contributed by atoms with van der Waals surface area (Å²) in [7, 11) is 1.60. The molecule has 1 heterocycles. The fraction of sp³-hybridized carbons (Fsp3) is 0.190. The van der Waals surface area contributed by atoms with Crippen LogP contribution in [0.25, 0.3) is 0 Å². The van der Waals surface area contributed by atoms with Crippen molar-refractivity contribution in [1.82, 2.24) is 9.97 Å². The monoisotopic (exact) mass is 362 g/mol. The zero-order valence-electron chi connectivity index (χ0n) is 15.6. The second-order valence-corrected chi connectivity index (χ2v) is 6.05. The average molecular weight is 362 g/mol. The summed E-state index contributed by atoms with van der Waals surface area (Å²) in [6.45, 7) is 3.91. The molecule has 0 radical (unpaired) electrons. The molecular formula is C21H22N4O2. The quantitative estimate of drug-likeness (QED) is 0.682. The van der Waals surface area contributed by atoms with E-state index in [1.54, 1.807) is 13.2 Å². The first-order valence-corrected chi connectivity index (χ1v) is 8.75. The third kappa shape index (κ3) is 4.61. The van der Waals surface area contributed by atoms with Gasteiger partial charge in [0.1, 0.15) is 11.4 Å². The van der Waals surface area contributed by atoms with Crippen LogP contribution in [0.4, 0.5) is 17.3 Å². The second-order valence-electron chi connectivity index (χ2n) is 6.05. The van der Waals surface area contributed by atoms with E-state index in [1.165, 1.54) is 5.56 Å². The minimum Gasteiger partial charge on any atom is -0.495 e. The van der Waals surface area contributed by atoms with Crippen LogP contribution in [-0.2, 0) is 6.42 Å². The number of rotatable bonds is 6. The first-order chi connectivity index (χ1) is 13.1. The molecule has 2 aromatic carbocycles. The van der Waals surface area contributed by atoms with E-state index in [4.69, 9.17) is 4.74 Å². The normalized spacial score (nSPS) is 10.3. The van der Waals surface area contributed by atoms with E-state index in [-0.39, 0.29) is 5.91 Å². The Labute approximate surface area is 158 Å². The van der Waals surface area contributed by atoms with Crippen LogP contribution < -0.4 is 15.4 Å². The highest BCUT2D eigenvalue weighted by atomic mass is 16.5. The van der Waals surface area contributed by atoms with E-state index in [9.17, 15) is 4.79 Å². The van der Waals surface area contributed by atoms with Crippen LogP contribution in [0.3, 0.4) is 0 Å². The number of para-hydroxylation sites is 2. The third-order valence-corrected chi connectivity index (χ3v) is 4.06. The van der Waals surface area contributed by atoms with Gasteiger partial charge in [0, 0.05) is 11.4 Å². The van der Waals surface area contributed by atoms with Crippen molar-refractivity contribution in [2.45, 2.75) is 20.3 Å². The zero-order valence-corrected chi connectivity index (χ0v) is 15.6. The third-order valence-electron chi connectivity index (χ3n) is 4.06. The smallest absolute Gasteiger partial charge is 0.274 e. The molecule has 0 unspecified atom stereocenters. The van der Waals surface area contributed by atoms with Gasteiger partial charge in [0.2, 0.25) is 5.95 Å². The molecule has 0 saturated heterocycles. The number of carbonyl (C=O) groups excluding carboxylic acids is 1. The Morgan fingerprint density at radius 2 is 1.81 bits per heavy atom. The number of aromatic nitrogens is 2. The lowest BCUT2D eigenvalue weighted by Gasteiger charge is -2.11. The topological polar surface area (TPSA) is 76.1 Å². The molecule has 0 bridgehead atoms. The molecule has 0 saturated carbocycles. The summed E-state index contributed by atoms with van der Waals surface area (Å²) in [5, 5.41) is 5.98. The molecule has 2 N–H and O–H groups in total. The first-order valence-electron chi connectivity index (χ1n) is 8.75. The van der Waals surface area contributed by atoms with Gasteiger partial charge in [-0.2, -0.15) is 0 Å². The lowest BCUT2D eigenvalue weighted by Crippen LogP contribution is -2.15. The summed E-state index contributed by atoms with van der Waals surface area (Å²) in [6, 6.07) is 16.9. The van der Waals surface area contributed by atoms with Crippen LogP contribution in [0.15, 0.2) is 54.6 Å². The summed E-state index contributed by atoms with van der Waals surface area (Å²) in [5.41, 5.74) is 3.65. The Morgan fingerprint density at radius 3 is 2.52 bits per heavy atom. The maximum absolute atomic E-state index is 12.6. The molecule has 0 aliphatic rings. The molecular weight excluding hydrogens is 340 g/mol. The molecule has 0 aliphatic heterocycles. The number of nitrogens with one attached hydrogen (secondary N) is 2. The lowest BCUT2D eigenvalue weighted by molar-refractivity contribution is 0.102. The SMILES string of the molecule is CCc1ccc(NC(=O)c2cc(C)nc(Nc3ccccc3OC)n2)cc1. The Kier molecular flexibility index (Phi) is 5.66.